The zero-order valence-corrected chi connectivity index (χ0v) is 21.0. The van der Waals surface area contributed by atoms with Gasteiger partial charge in [-0.25, -0.2) is 4.79 Å². The first kappa shape index (κ1) is 26.5. The van der Waals surface area contributed by atoms with E-state index in [1.807, 2.05) is 91.0 Å². The van der Waals surface area contributed by atoms with E-state index < -0.39 is 24.3 Å². The predicted molar refractivity (Wildman–Crippen MR) is 140 cm³/mol. The van der Waals surface area contributed by atoms with E-state index in [1.165, 1.54) is 0 Å². The molecule has 0 N–H and O–H groups in total. The summed E-state index contributed by atoms with van der Waals surface area (Å²) >= 11 is 0. The molecule has 0 fully saturated rings. The summed E-state index contributed by atoms with van der Waals surface area (Å²) < 4.78 is 24.9. The van der Waals surface area contributed by atoms with Crippen LogP contribution in [-0.2, 0) is 43.6 Å². The molecule has 0 spiro atoms. The van der Waals surface area contributed by atoms with Gasteiger partial charge in [0.1, 0.15) is 12.2 Å². The molecule has 0 saturated carbocycles. The van der Waals surface area contributed by atoms with Gasteiger partial charge in [-0.1, -0.05) is 91.0 Å². The van der Waals surface area contributed by atoms with Crippen molar-refractivity contribution in [3.63, 3.8) is 0 Å². The summed E-state index contributed by atoms with van der Waals surface area (Å²) in [6, 6.07) is 29.3. The fourth-order valence-corrected chi connectivity index (χ4v) is 4.26. The summed E-state index contributed by atoms with van der Waals surface area (Å²) in [6.45, 7) is 2.72. The molecule has 0 bridgehead atoms. The Morgan fingerprint density at radius 3 is 1.70 bits per heavy atom. The molecule has 7 nitrogen and oxygen atoms in total. The maximum atomic E-state index is 13.2. The molecule has 0 saturated heterocycles. The molecule has 3 aromatic rings. The van der Waals surface area contributed by atoms with Gasteiger partial charge in [-0.2, -0.15) is 4.74 Å². The number of esters is 1. The van der Waals surface area contributed by atoms with Crippen molar-refractivity contribution in [1.82, 2.24) is 0 Å². The molecular formula is C30H33NO6. The second-order valence-corrected chi connectivity index (χ2v) is 8.86. The first-order valence-corrected chi connectivity index (χ1v) is 12.6. The van der Waals surface area contributed by atoms with Gasteiger partial charge in [0.2, 0.25) is 0 Å². The summed E-state index contributed by atoms with van der Waals surface area (Å²) in [5.74, 6) is -0.642. The minimum atomic E-state index is -0.644. The van der Waals surface area contributed by atoms with Crippen LogP contribution in [0.4, 0.5) is 0 Å². The molecule has 0 aromatic heterocycles. The number of nitrogens with zero attached hydrogens (tertiary/aromatic N) is 1. The van der Waals surface area contributed by atoms with E-state index in [2.05, 4.69) is 0 Å². The maximum absolute atomic E-state index is 13.2. The highest BCUT2D eigenvalue weighted by molar-refractivity contribution is 6.34. The Balaban J connectivity index is 1.61. The van der Waals surface area contributed by atoms with Crippen LogP contribution >= 0.6 is 0 Å². The number of benzene rings is 3. The average molecular weight is 504 g/mol. The molecule has 3 aromatic carbocycles. The van der Waals surface area contributed by atoms with Crippen molar-refractivity contribution in [2.45, 2.75) is 51.5 Å². The second kappa shape index (κ2) is 13.7. The molecule has 0 aliphatic carbocycles. The number of ether oxygens (including phenoxy) is 4. The highest BCUT2D eigenvalue weighted by Gasteiger charge is 2.42. The summed E-state index contributed by atoms with van der Waals surface area (Å²) in [7, 11) is 0. The molecule has 3 atom stereocenters. The highest BCUT2D eigenvalue weighted by atomic mass is 16.6. The monoisotopic (exact) mass is 503 g/mol. The summed E-state index contributed by atoms with van der Waals surface area (Å²) in [4.78, 5) is 12.7. The largest absolute Gasteiger partial charge is 0.623 e. The van der Waals surface area contributed by atoms with E-state index in [0.29, 0.717) is 24.6 Å². The van der Waals surface area contributed by atoms with Crippen molar-refractivity contribution < 1.29 is 28.5 Å². The first-order valence-electron chi connectivity index (χ1n) is 12.6. The zero-order chi connectivity index (χ0) is 25.9. The molecule has 0 amide bonds. The Morgan fingerprint density at radius 2 is 1.22 bits per heavy atom. The number of hydrogen-bond donors (Lipinski definition) is 0. The summed E-state index contributed by atoms with van der Waals surface area (Å²) in [6.07, 6.45) is -1.80. The minimum Gasteiger partial charge on any atom is -0.623 e. The Bertz CT molecular complexity index is 1140. The Morgan fingerprint density at radius 1 is 0.757 bits per heavy atom. The number of hydrogen-bond acceptors (Lipinski definition) is 6. The third kappa shape index (κ3) is 7.73. The Labute approximate surface area is 217 Å². The van der Waals surface area contributed by atoms with Gasteiger partial charge in [-0.3, -0.25) is 0 Å². The lowest BCUT2D eigenvalue weighted by Crippen LogP contribution is -2.44. The van der Waals surface area contributed by atoms with E-state index in [-0.39, 0.29) is 25.3 Å². The van der Waals surface area contributed by atoms with Crippen molar-refractivity contribution in [2.24, 2.45) is 0 Å². The van der Waals surface area contributed by atoms with Crippen LogP contribution in [0.5, 0.6) is 0 Å². The molecule has 1 aliphatic rings. The van der Waals surface area contributed by atoms with Gasteiger partial charge in [0.05, 0.1) is 39.0 Å². The quantitative estimate of drug-likeness (QED) is 0.215. The van der Waals surface area contributed by atoms with E-state index in [4.69, 9.17) is 18.9 Å². The first-order chi connectivity index (χ1) is 18.1. The molecule has 4 rings (SSSR count). The zero-order valence-electron chi connectivity index (χ0n) is 21.0. The lowest BCUT2D eigenvalue weighted by Gasteiger charge is -2.30. The topological polar surface area (TPSA) is 80.1 Å². The summed E-state index contributed by atoms with van der Waals surface area (Å²) in [5.41, 5.74) is 2.96. The van der Waals surface area contributed by atoms with Crippen LogP contribution in [0.1, 0.15) is 30.0 Å². The average Bonchev–Trinajstić information content (AvgIpc) is 3.07. The fraction of sp³-hybridized carbons (Fsp3) is 0.333. The number of carbonyl (C=O) groups is 1. The molecule has 1 aliphatic heterocycles. The third-order valence-corrected chi connectivity index (χ3v) is 6.18. The fourth-order valence-electron chi connectivity index (χ4n) is 4.26. The standard InChI is InChI=1S/C30H33NO6/c1-2-34-30(32)26-18-27(35-20-23-12-6-3-7-13-23)29(37-22-25-16-10-5-11-17-25)28(19-31(26)33)36-21-24-14-8-4-9-15-24/h3-17,27-29H,2,18-22H2,1H3/t27-,28-,29+/m1/s1. The van der Waals surface area contributed by atoms with Gasteiger partial charge in [-0.15, -0.1) is 0 Å². The molecule has 7 heteroatoms. The number of carbonyl (C=O) groups excluding carboxylic acids is 1. The van der Waals surface area contributed by atoms with Crippen LogP contribution < -0.4 is 0 Å². The van der Waals surface area contributed by atoms with Crippen molar-refractivity contribution in [2.75, 3.05) is 13.2 Å². The van der Waals surface area contributed by atoms with Crippen LogP contribution in [0.25, 0.3) is 0 Å². The highest BCUT2D eigenvalue weighted by Crippen LogP contribution is 2.24. The van der Waals surface area contributed by atoms with Crippen LogP contribution in [-0.4, -0.2) is 47.9 Å². The number of hydroxylamine groups is 1. The molecule has 1 heterocycles. The van der Waals surface area contributed by atoms with Gasteiger partial charge in [-0.05, 0) is 23.6 Å². The summed E-state index contributed by atoms with van der Waals surface area (Å²) in [5, 5.41) is 13.2. The SMILES string of the molecule is CCOC(=O)C1=[N+]([O-])C[C@@H](OCc2ccccc2)[C@@H](OCc2ccccc2)[C@H](OCc2ccccc2)C1. The van der Waals surface area contributed by atoms with Crippen LogP contribution in [0.15, 0.2) is 91.0 Å². The van der Waals surface area contributed by atoms with E-state index in [0.717, 1.165) is 16.7 Å². The second-order valence-electron chi connectivity index (χ2n) is 8.86. The number of rotatable bonds is 11. The predicted octanol–water partition coefficient (Wildman–Crippen LogP) is 4.66. The van der Waals surface area contributed by atoms with Crippen LogP contribution in [0.3, 0.4) is 0 Å². The van der Waals surface area contributed by atoms with E-state index >= 15 is 0 Å². The Hall–Kier alpha value is -3.52. The maximum Gasteiger partial charge on any atom is 0.399 e. The van der Waals surface area contributed by atoms with E-state index in [1.54, 1.807) is 6.92 Å². The van der Waals surface area contributed by atoms with Crippen molar-refractivity contribution in [1.29, 1.82) is 0 Å². The van der Waals surface area contributed by atoms with Crippen molar-refractivity contribution >= 4 is 11.7 Å². The molecular weight excluding hydrogens is 470 g/mol. The molecule has 194 valence electrons. The van der Waals surface area contributed by atoms with Gasteiger partial charge in [0.15, 0.2) is 6.54 Å². The van der Waals surface area contributed by atoms with Gasteiger partial charge in [0, 0.05) is 0 Å². The molecule has 37 heavy (non-hydrogen) atoms. The lowest BCUT2D eigenvalue weighted by molar-refractivity contribution is -0.472. The van der Waals surface area contributed by atoms with Crippen LogP contribution in [0, 0.1) is 5.21 Å². The Kier molecular flexibility index (Phi) is 9.82. The van der Waals surface area contributed by atoms with Crippen molar-refractivity contribution in [3.05, 3.63) is 113 Å². The molecule has 0 unspecified atom stereocenters. The van der Waals surface area contributed by atoms with Crippen LogP contribution in [0.2, 0.25) is 0 Å². The third-order valence-electron chi connectivity index (χ3n) is 6.18. The van der Waals surface area contributed by atoms with Gasteiger partial charge in [0.25, 0.3) is 5.71 Å². The minimum absolute atomic E-state index is 0.0130. The normalized spacial score (nSPS) is 19.9. The van der Waals surface area contributed by atoms with Gasteiger partial charge < -0.3 is 24.2 Å². The lowest BCUT2D eigenvalue weighted by atomic mass is 10.0. The van der Waals surface area contributed by atoms with Gasteiger partial charge >= 0.3 is 5.97 Å². The van der Waals surface area contributed by atoms with Crippen molar-refractivity contribution in [3.8, 4) is 0 Å². The smallest absolute Gasteiger partial charge is 0.399 e. The van der Waals surface area contributed by atoms with E-state index in [9.17, 15) is 10.0 Å². The molecule has 0 radical (unpaired) electrons.